The minimum Gasteiger partial charge on any atom is -0.445 e. The number of ether oxygens (including phenoxy) is 1. The summed E-state index contributed by atoms with van der Waals surface area (Å²) in [4.78, 5) is 42.2. The number of H-pyrrole nitrogens is 1. The molecule has 31 heavy (non-hydrogen) atoms. The Morgan fingerprint density at radius 2 is 1.74 bits per heavy atom. The summed E-state index contributed by atoms with van der Waals surface area (Å²) in [5.41, 5.74) is 2.73. The van der Waals surface area contributed by atoms with Crippen LogP contribution >= 0.6 is 11.6 Å². The minimum absolute atomic E-state index is 0.0657. The van der Waals surface area contributed by atoms with Gasteiger partial charge in [-0.15, -0.1) is 0 Å². The van der Waals surface area contributed by atoms with Crippen molar-refractivity contribution < 1.29 is 18.7 Å². The highest BCUT2D eigenvalue weighted by molar-refractivity contribution is 6.30. The van der Waals surface area contributed by atoms with Crippen molar-refractivity contribution in [2.75, 3.05) is 32.7 Å². The van der Waals surface area contributed by atoms with E-state index in [1.165, 1.54) is 0 Å². The fourth-order valence-corrected chi connectivity index (χ4v) is 3.66. The number of ketones is 1. The van der Waals surface area contributed by atoms with E-state index in [2.05, 4.69) is 4.98 Å². The molecule has 8 nitrogen and oxygen atoms in total. The molecular formula is C22H22ClN3O5. The van der Waals surface area contributed by atoms with Gasteiger partial charge in [0.05, 0.1) is 12.1 Å². The molecule has 162 valence electrons. The molecule has 0 radical (unpaired) electrons. The zero-order chi connectivity index (χ0) is 21.8. The lowest BCUT2D eigenvalue weighted by Crippen LogP contribution is -2.50. The molecule has 1 aliphatic rings. The molecule has 2 heterocycles. The van der Waals surface area contributed by atoms with Crippen LogP contribution in [-0.4, -0.2) is 59.4 Å². The molecule has 0 spiro atoms. The molecule has 0 bridgehead atoms. The maximum atomic E-state index is 12.5. The maximum absolute atomic E-state index is 12.5. The highest BCUT2D eigenvalue weighted by Gasteiger charge is 2.23. The third-order valence-electron chi connectivity index (χ3n) is 5.19. The van der Waals surface area contributed by atoms with Gasteiger partial charge in [0.25, 0.3) is 0 Å². The molecule has 2 aromatic carbocycles. The highest BCUT2D eigenvalue weighted by atomic mass is 35.5. The van der Waals surface area contributed by atoms with Crippen LogP contribution in [0.2, 0.25) is 5.02 Å². The number of aromatic amines is 1. The second kappa shape index (κ2) is 9.36. The number of benzene rings is 2. The Hall–Kier alpha value is -3.10. The molecule has 9 heteroatoms. The van der Waals surface area contributed by atoms with Crippen molar-refractivity contribution in [1.82, 2.24) is 14.8 Å². The van der Waals surface area contributed by atoms with E-state index in [4.69, 9.17) is 20.8 Å². The zero-order valence-corrected chi connectivity index (χ0v) is 17.6. The van der Waals surface area contributed by atoms with Crippen molar-refractivity contribution in [1.29, 1.82) is 0 Å². The van der Waals surface area contributed by atoms with E-state index in [1.807, 2.05) is 17.0 Å². The van der Waals surface area contributed by atoms with Crippen molar-refractivity contribution in [2.45, 2.75) is 13.0 Å². The van der Waals surface area contributed by atoms with Crippen LogP contribution in [-0.2, 0) is 22.6 Å². The largest absolute Gasteiger partial charge is 0.445 e. The van der Waals surface area contributed by atoms with E-state index in [0.29, 0.717) is 48.8 Å². The molecule has 3 aromatic rings. The monoisotopic (exact) mass is 443 g/mol. The quantitative estimate of drug-likeness (QED) is 0.629. The van der Waals surface area contributed by atoms with Crippen LogP contribution in [0.5, 0.6) is 0 Å². The summed E-state index contributed by atoms with van der Waals surface area (Å²) in [6.07, 6.45) is -0.101. The number of oxazole rings is 1. The minimum atomic E-state index is -0.511. The Morgan fingerprint density at radius 3 is 2.48 bits per heavy atom. The first-order valence-corrected chi connectivity index (χ1v) is 10.4. The van der Waals surface area contributed by atoms with E-state index >= 15 is 0 Å². The summed E-state index contributed by atoms with van der Waals surface area (Å²) in [6, 6.07) is 12.4. The van der Waals surface area contributed by atoms with E-state index < -0.39 is 5.76 Å². The molecule has 4 rings (SSSR count). The number of amides is 1. The van der Waals surface area contributed by atoms with Crippen LogP contribution in [0, 0.1) is 0 Å². The molecule has 0 aliphatic carbocycles. The number of carbonyl (C=O) groups excluding carboxylic acids is 2. The van der Waals surface area contributed by atoms with Gasteiger partial charge in [0.15, 0.2) is 11.4 Å². The fourth-order valence-electron chi connectivity index (χ4n) is 3.54. The summed E-state index contributed by atoms with van der Waals surface area (Å²) in [5.74, 6) is -0.445. The predicted octanol–water partition coefficient (Wildman–Crippen LogP) is 2.84. The number of rotatable bonds is 6. The molecule has 0 atom stereocenters. The molecule has 0 unspecified atom stereocenters. The average molecular weight is 444 g/mol. The number of halogens is 1. The first-order chi connectivity index (χ1) is 15.0. The second-order valence-corrected chi connectivity index (χ2v) is 7.94. The Balaban J connectivity index is 1.21. The third-order valence-corrected chi connectivity index (χ3v) is 5.44. The maximum Gasteiger partial charge on any atom is 0.417 e. The first kappa shape index (κ1) is 21.1. The predicted molar refractivity (Wildman–Crippen MR) is 115 cm³/mol. The van der Waals surface area contributed by atoms with Gasteiger partial charge in [0, 0.05) is 37.6 Å². The van der Waals surface area contributed by atoms with Crippen LogP contribution < -0.4 is 5.76 Å². The van der Waals surface area contributed by atoms with E-state index in [0.717, 1.165) is 11.1 Å². The van der Waals surface area contributed by atoms with Gasteiger partial charge in [0.2, 0.25) is 0 Å². The number of hydrogen-bond acceptors (Lipinski definition) is 6. The zero-order valence-electron chi connectivity index (χ0n) is 16.8. The number of aromatic nitrogens is 1. The van der Waals surface area contributed by atoms with Gasteiger partial charge in [-0.2, -0.15) is 0 Å². The summed E-state index contributed by atoms with van der Waals surface area (Å²) < 4.78 is 10.4. The highest BCUT2D eigenvalue weighted by Crippen LogP contribution is 2.14. The Labute approximate surface area is 183 Å². The van der Waals surface area contributed by atoms with Gasteiger partial charge in [-0.05, 0) is 35.4 Å². The smallest absolute Gasteiger partial charge is 0.417 e. The molecular weight excluding hydrogens is 422 g/mol. The summed E-state index contributed by atoms with van der Waals surface area (Å²) in [7, 11) is 0. The first-order valence-electron chi connectivity index (χ1n) is 9.98. The summed E-state index contributed by atoms with van der Waals surface area (Å²) in [6.45, 7) is 2.73. The van der Waals surface area contributed by atoms with E-state index in [-0.39, 0.29) is 24.9 Å². The fraction of sp³-hybridized carbons (Fsp3) is 0.318. The molecule has 1 amide bonds. The van der Waals surface area contributed by atoms with Crippen molar-refractivity contribution in [2.24, 2.45) is 0 Å². The molecule has 1 aliphatic heterocycles. The van der Waals surface area contributed by atoms with Crippen LogP contribution in [0.25, 0.3) is 11.1 Å². The Bertz CT molecular complexity index is 1130. The molecule has 1 fully saturated rings. The van der Waals surface area contributed by atoms with E-state index in [9.17, 15) is 14.4 Å². The SMILES string of the molecule is O=C(Cc1ccc2[nH]c(=O)oc2c1)CN1CCN(C(=O)OCc2ccc(Cl)cc2)CC1. The topological polar surface area (TPSA) is 95.9 Å². The number of piperazine rings is 1. The normalized spacial score (nSPS) is 14.7. The van der Waals surface area contributed by atoms with Gasteiger partial charge in [-0.3, -0.25) is 14.7 Å². The number of Topliss-reactive ketones (excluding diaryl/α,β-unsaturated/α-hetero) is 1. The standard InChI is InChI=1S/C22H22ClN3O5/c23-17-4-1-15(2-5-17)14-30-22(29)26-9-7-25(8-10-26)13-18(27)11-16-3-6-19-20(12-16)31-21(28)24-19/h1-6,12H,7-11,13-14H2,(H,24,28). The third kappa shape index (κ3) is 5.53. The summed E-state index contributed by atoms with van der Waals surface area (Å²) in [5, 5.41) is 0.636. The summed E-state index contributed by atoms with van der Waals surface area (Å²) >= 11 is 5.85. The van der Waals surface area contributed by atoms with Gasteiger partial charge >= 0.3 is 11.8 Å². The van der Waals surface area contributed by atoms with Crippen LogP contribution in [0.15, 0.2) is 51.7 Å². The van der Waals surface area contributed by atoms with Crippen molar-refractivity contribution >= 4 is 34.6 Å². The van der Waals surface area contributed by atoms with Gasteiger partial charge in [0.1, 0.15) is 6.61 Å². The number of nitrogens with zero attached hydrogens (tertiary/aromatic N) is 2. The van der Waals surface area contributed by atoms with E-state index in [1.54, 1.807) is 35.2 Å². The lowest BCUT2D eigenvalue weighted by Gasteiger charge is -2.33. The van der Waals surface area contributed by atoms with Crippen LogP contribution in [0.4, 0.5) is 4.79 Å². The van der Waals surface area contributed by atoms with Crippen LogP contribution in [0.1, 0.15) is 11.1 Å². The molecule has 1 aromatic heterocycles. The van der Waals surface area contributed by atoms with Gasteiger partial charge in [-0.1, -0.05) is 29.8 Å². The molecule has 1 saturated heterocycles. The Morgan fingerprint density at radius 1 is 1.03 bits per heavy atom. The second-order valence-electron chi connectivity index (χ2n) is 7.50. The van der Waals surface area contributed by atoms with Gasteiger partial charge in [-0.25, -0.2) is 9.59 Å². The average Bonchev–Trinajstić information content (AvgIpc) is 3.13. The van der Waals surface area contributed by atoms with Crippen LogP contribution in [0.3, 0.4) is 0 Å². The number of nitrogens with one attached hydrogen (secondary N) is 1. The van der Waals surface area contributed by atoms with Gasteiger partial charge < -0.3 is 14.1 Å². The van der Waals surface area contributed by atoms with Crippen molar-refractivity contribution in [3.8, 4) is 0 Å². The lowest BCUT2D eigenvalue weighted by atomic mass is 10.1. The Kier molecular flexibility index (Phi) is 6.39. The lowest BCUT2D eigenvalue weighted by molar-refractivity contribution is -0.119. The number of carbonyl (C=O) groups is 2. The van der Waals surface area contributed by atoms with Crippen molar-refractivity contribution in [3.63, 3.8) is 0 Å². The molecule has 0 saturated carbocycles. The van der Waals surface area contributed by atoms with Crippen molar-refractivity contribution in [3.05, 3.63) is 69.2 Å². The molecule has 1 N–H and O–H groups in total. The number of fused-ring (bicyclic) bond motifs is 1. The number of hydrogen-bond donors (Lipinski definition) is 1.